The third-order valence-corrected chi connectivity index (χ3v) is 5.73. The number of hydrogen-bond donors (Lipinski definition) is 2. The van der Waals surface area contributed by atoms with Gasteiger partial charge in [-0.05, 0) is 31.2 Å². The van der Waals surface area contributed by atoms with Crippen molar-refractivity contribution in [3.05, 3.63) is 47.5 Å². The first-order valence-corrected chi connectivity index (χ1v) is 9.96. The number of ether oxygens (including phenoxy) is 1. The maximum atomic E-state index is 13.5. The Morgan fingerprint density at radius 3 is 2.23 bits per heavy atom. The molecule has 1 unspecified atom stereocenters. The van der Waals surface area contributed by atoms with Crippen LogP contribution < -0.4 is 10.0 Å². The molecule has 2 N–H and O–H groups in total. The zero-order valence-electron chi connectivity index (χ0n) is 16.3. The van der Waals surface area contributed by atoms with Crippen LogP contribution in [0.4, 0.5) is 36.4 Å². The minimum Gasteiger partial charge on any atom is -0.356 e. The van der Waals surface area contributed by atoms with Gasteiger partial charge in [0.05, 0.1) is 11.3 Å². The summed E-state index contributed by atoms with van der Waals surface area (Å²) >= 11 is 0. The lowest BCUT2D eigenvalue weighted by Gasteiger charge is -2.20. The highest BCUT2D eigenvalue weighted by molar-refractivity contribution is 7.89. The van der Waals surface area contributed by atoms with E-state index >= 15 is 0 Å². The molecule has 0 amide bonds. The Kier molecular flexibility index (Phi) is 6.97. The van der Waals surface area contributed by atoms with Gasteiger partial charge in [-0.1, -0.05) is 0 Å². The van der Waals surface area contributed by atoms with Gasteiger partial charge in [-0.2, -0.15) is 31.1 Å². The third kappa shape index (κ3) is 5.89. The monoisotopic (exact) mass is 477 g/mol. The number of nitrogens with one attached hydrogen (secondary N) is 2. The Morgan fingerprint density at radius 1 is 1.10 bits per heavy atom. The molecule has 0 saturated heterocycles. The number of alkyl halides is 6. The predicted molar refractivity (Wildman–Crippen MR) is 96.0 cm³/mol. The molecule has 0 aliphatic heterocycles. The van der Waals surface area contributed by atoms with E-state index in [-0.39, 0.29) is 11.4 Å². The number of nitrogens with zero attached hydrogens (tertiary/aromatic N) is 1. The first-order chi connectivity index (χ1) is 14.1. The smallest absolute Gasteiger partial charge is 0.356 e. The SMILES string of the molecule is COC(Nc1ccc(F)c(C(F)(F)F)c1)c1cc(S(=O)(=O)N[C@H](C)C(F)(F)F)cn1C. The lowest BCUT2D eigenvalue weighted by Crippen LogP contribution is -2.42. The van der Waals surface area contributed by atoms with Gasteiger partial charge in [-0.25, -0.2) is 12.8 Å². The Balaban J connectivity index is 2.33. The molecule has 174 valence electrons. The molecule has 1 aromatic heterocycles. The molecular weight excluding hydrogens is 459 g/mol. The van der Waals surface area contributed by atoms with E-state index in [1.807, 2.05) is 0 Å². The van der Waals surface area contributed by atoms with Crippen LogP contribution in [0.25, 0.3) is 0 Å². The van der Waals surface area contributed by atoms with E-state index in [4.69, 9.17) is 4.74 Å². The van der Waals surface area contributed by atoms with Crippen LogP contribution >= 0.6 is 0 Å². The average molecular weight is 477 g/mol. The Labute approximate surface area is 173 Å². The van der Waals surface area contributed by atoms with Crippen LogP contribution in [0.2, 0.25) is 0 Å². The van der Waals surface area contributed by atoms with Crippen LogP contribution in [-0.4, -0.2) is 32.3 Å². The van der Waals surface area contributed by atoms with Crippen molar-refractivity contribution in [1.29, 1.82) is 0 Å². The van der Waals surface area contributed by atoms with Gasteiger partial charge >= 0.3 is 12.4 Å². The molecule has 0 aliphatic rings. The van der Waals surface area contributed by atoms with Crippen LogP contribution in [0.1, 0.15) is 24.4 Å². The molecule has 2 aromatic rings. The summed E-state index contributed by atoms with van der Waals surface area (Å²) in [4.78, 5) is -0.514. The van der Waals surface area contributed by atoms with E-state index in [9.17, 15) is 39.2 Å². The number of benzene rings is 1. The summed E-state index contributed by atoms with van der Waals surface area (Å²) < 4.78 is 123. The summed E-state index contributed by atoms with van der Waals surface area (Å²) in [6, 6.07) is 0.776. The van der Waals surface area contributed by atoms with E-state index in [1.54, 1.807) is 0 Å². The van der Waals surface area contributed by atoms with Crippen LogP contribution in [-0.2, 0) is 28.0 Å². The van der Waals surface area contributed by atoms with E-state index < -0.39 is 50.9 Å². The first kappa shape index (κ1) is 24.9. The van der Waals surface area contributed by atoms with E-state index in [0.717, 1.165) is 25.4 Å². The minimum atomic E-state index is -4.95. The van der Waals surface area contributed by atoms with Crippen molar-refractivity contribution in [2.75, 3.05) is 12.4 Å². The second kappa shape index (κ2) is 8.67. The predicted octanol–water partition coefficient (Wildman–Crippen LogP) is 4.17. The zero-order chi connectivity index (χ0) is 23.8. The Morgan fingerprint density at radius 2 is 1.71 bits per heavy atom. The molecule has 0 spiro atoms. The maximum absolute atomic E-state index is 13.5. The molecule has 0 saturated carbocycles. The third-order valence-electron chi connectivity index (χ3n) is 4.23. The highest BCUT2D eigenvalue weighted by Gasteiger charge is 2.39. The molecule has 2 rings (SSSR count). The number of methoxy groups -OCH3 is 1. The molecule has 14 heteroatoms. The number of sulfonamides is 1. The number of anilines is 1. The summed E-state index contributed by atoms with van der Waals surface area (Å²) in [7, 11) is -2.04. The number of hydrogen-bond acceptors (Lipinski definition) is 4. The van der Waals surface area contributed by atoms with Gasteiger partial charge in [-0.15, -0.1) is 0 Å². The maximum Gasteiger partial charge on any atom is 0.419 e. The second-order valence-electron chi connectivity index (χ2n) is 6.55. The molecule has 31 heavy (non-hydrogen) atoms. The van der Waals surface area contributed by atoms with Gasteiger partial charge < -0.3 is 14.6 Å². The van der Waals surface area contributed by atoms with Crippen molar-refractivity contribution in [2.45, 2.75) is 36.4 Å². The van der Waals surface area contributed by atoms with Crippen molar-refractivity contribution in [2.24, 2.45) is 7.05 Å². The van der Waals surface area contributed by atoms with E-state index in [0.29, 0.717) is 19.1 Å². The van der Waals surface area contributed by atoms with E-state index in [1.165, 1.54) is 16.3 Å². The van der Waals surface area contributed by atoms with Crippen molar-refractivity contribution in [1.82, 2.24) is 9.29 Å². The first-order valence-electron chi connectivity index (χ1n) is 8.47. The van der Waals surface area contributed by atoms with Crippen molar-refractivity contribution in [3.8, 4) is 0 Å². The molecule has 1 heterocycles. The summed E-state index contributed by atoms with van der Waals surface area (Å²) in [5.41, 5.74) is -1.64. The Hall–Kier alpha value is -2.32. The molecule has 0 aliphatic carbocycles. The molecule has 0 fully saturated rings. The van der Waals surface area contributed by atoms with E-state index in [2.05, 4.69) is 5.32 Å². The summed E-state index contributed by atoms with van der Waals surface area (Å²) in [6.45, 7) is 0.633. The minimum absolute atomic E-state index is 0.0698. The summed E-state index contributed by atoms with van der Waals surface area (Å²) in [5.74, 6) is -1.48. The molecule has 0 radical (unpaired) electrons. The topological polar surface area (TPSA) is 72.4 Å². The number of rotatable bonds is 7. The highest BCUT2D eigenvalue weighted by atomic mass is 32.2. The van der Waals surface area contributed by atoms with Crippen molar-refractivity contribution >= 4 is 15.7 Å². The standard InChI is InChI=1S/C17H18F7N3O3S/c1-9(16(19,20)21)26-31(28,29)11-7-14(27(2)8-11)15(30-3)25-10-4-5-13(18)12(6-10)17(22,23)24/h4-9,15,25-26H,1-3H3/t9-,15?/m1/s1. The lowest BCUT2D eigenvalue weighted by atomic mass is 10.1. The van der Waals surface area contributed by atoms with Crippen LogP contribution in [0, 0.1) is 5.82 Å². The molecule has 0 bridgehead atoms. The molecule has 6 nitrogen and oxygen atoms in total. The number of aryl methyl sites for hydroxylation is 1. The van der Waals surface area contributed by atoms with Crippen molar-refractivity contribution in [3.63, 3.8) is 0 Å². The van der Waals surface area contributed by atoms with Gasteiger partial charge in [0, 0.05) is 26.0 Å². The van der Waals surface area contributed by atoms with Crippen LogP contribution in [0.3, 0.4) is 0 Å². The average Bonchev–Trinajstić information content (AvgIpc) is 3.01. The molecular formula is C17H18F7N3O3S. The fraction of sp³-hybridized carbons (Fsp3) is 0.412. The van der Waals surface area contributed by atoms with Crippen molar-refractivity contribution < 1.29 is 43.9 Å². The van der Waals surface area contributed by atoms with Crippen LogP contribution in [0.15, 0.2) is 35.4 Å². The van der Waals surface area contributed by atoms with Gasteiger partial charge in [0.15, 0.2) is 6.23 Å². The number of aromatic nitrogens is 1. The zero-order valence-corrected chi connectivity index (χ0v) is 17.1. The normalized spacial score (nSPS) is 15.0. The fourth-order valence-corrected chi connectivity index (χ4v) is 3.87. The second-order valence-corrected chi connectivity index (χ2v) is 8.26. The quantitative estimate of drug-likeness (QED) is 0.464. The van der Waals surface area contributed by atoms with Gasteiger partial charge in [0.25, 0.3) is 0 Å². The van der Waals surface area contributed by atoms with Gasteiger partial charge in [0.2, 0.25) is 10.0 Å². The number of halogens is 7. The molecule has 2 atom stereocenters. The Bertz CT molecular complexity index is 1030. The summed E-state index contributed by atoms with van der Waals surface area (Å²) in [5, 5.41) is 2.55. The summed E-state index contributed by atoms with van der Waals surface area (Å²) in [6.07, 6.45) is -9.95. The van der Waals surface area contributed by atoms with Gasteiger partial charge in [-0.3, -0.25) is 0 Å². The highest BCUT2D eigenvalue weighted by Crippen LogP contribution is 2.34. The van der Waals surface area contributed by atoms with Gasteiger partial charge in [0.1, 0.15) is 16.8 Å². The molecule has 1 aromatic carbocycles. The lowest BCUT2D eigenvalue weighted by molar-refractivity contribution is -0.147. The largest absolute Gasteiger partial charge is 0.419 e. The fourth-order valence-electron chi connectivity index (χ4n) is 2.56. The van der Waals surface area contributed by atoms with Crippen LogP contribution in [0.5, 0.6) is 0 Å².